The van der Waals surface area contributed by atoms with Crippen molar-refractivity contribution in [2.75, 3.05) is 5.75 Å². The van der Waals surface area contributed by atoms with Gasteiger partial charge in [-0.15, -0.1) is 10.2 Å². The van der Waals surface area contributed by atoms with Gasteiger partial charge in [-0.3, -0.25) is 14.3 Å². The zero-order valence-electron chi connectivity index (χ0n) is 17.8. The van der Waals surface area contributed by atoms with Crippen molar-refractivity contribution in [1.82, 2.24) is 25.2 Å². The summed E-state index contributed by atoms with van der Waals surface area (Å²) in [6.07, 6.45) is 3.40. The Kier molecular flexibility index (Phi) is 6.72. The summed E-state index contributed by atoms with van der Waals surface area (Å²) in [6, 6.07) is 21.7. The van der Waals surface area contributed by atoms with E-state index >= 15 is 0 Å². The van der Waals surface area contributed by atoms with Crippen LogP contribution in [0.3, 0.4) is 0 Å². The van der Waals surface area contributed by atoms with Crippen molar-refractivity contribution in [3.8, 4) is 17.1 Å². The molecular weight excluding hydrogens is 420 g/mol. The van der Waals surface area contributed by atoms with Crippen LogP contribution in [0.2, 0.25) is 0 Å². The topological polar surface area (TPSA) is 85.1 Å². The first-order chi connectivity index (χ1) is 15.6. The first-order valence-corrected chi connectivity index (χ1v) is 11.0. The van der Waals surface area contributed by atoms with E-state index in [9.17, 15) is 4.79 Å². The summed E-state index contributed by atoms with van der Waals surface area (Å²) in [6.45, 7) is 3.87. The van der Waals surface area contributed by atoms with Gasteiger partial charge in [0.2, 0.25) is 0 Å². The fraction of sp³-hybridized carbons (Fsp3) is 0.125. The third kappa shape index (κ3) is 5.09. The third-order valence-electron chi connectivity index (χ3n) is 4.72. The van der Waals surface area contributed by atoms with Crippen molar-refractivity contribution in [2.45, 2.75) is 19.0 Å². The second-order valence-electron chi connectivity index (χ2n) is 7.11. The molecule has 2 aromatic heterocycles. The van der Waals surface area contributed by atoms with Crippen molar-refractivity contribution < 1.29 is 4.79 Å². The summed E-state index contributed by atoms with van der Waals surface area (Å²) < 4.78 is 1.97. The maximum atomic E-state index is 12.4. The fourth-order valence-corrected chi connectivity index (χ4v) is 3.76. The van der Waals surface area contributed by atoms with Gasteiger partial charge >= 0.3 is 0 Å². The number of aromatic nitrogens is 4. The lowest BCUT2D eigenvalue weighted by atomic mass is 10.1. The highest BCUT2D eigenvalue weighted by Gasteiger charge is 2.17. The fourth-order valence-electron chi connectivity index (χ4n) is 3.01. The van der Waals surface area contributed by atoms with Crippen LogP contribution >= 0.6 is 11.8 Å². The van der Waals surface area contributed by atoms with Crippen LogP contribution < -0.4 is 5.43 Å². The number of thioether (sulfide) groups is 1. The van der Waals surface area contributed by atoms with Crippen LogP contribution in [0.4, 0.5) is 0 Å². The summed E-state index contributed by atoms with van der Waals surface area (Å²) in [5.74, 6) is 0.658. The number of amides is 1. The first kappa shape index (κ1) is 21.5. The van der Waals surface area contributed by atoms with E-state index < -0.39 is 0 Å². The molecule has 0 spiro atoms. The van der Waals surface area contributed by atoms with Gasteiger partial charge in [0.05, 0.1) is 11.5 Å². The average molecular weight is 443 g/mol. The smallest absolute Gasteiger partial charge is 0.250 e. The monoisotopic (exact) mass is 442 g/mol. The molecule has 160 valence electrons. The molecule has 0 aliphatic rings. The molecular formula is C24H22N6OS. The average Bonchev–Trinajstić information content (AvgIpc) is 3.26. The zero-order chi connectivity index (χ0) is 22.3. The standard InChI is InChI=1S/C24H22N6OS/c1-17-10-12-19(13-11-17)23-28-29-24(30(23)21-8-4-3-5-9-21)32-16-22(31)27-26-18(2)20-7-6-14-25-15-20/h3-15H,16H2,1-2H3,(H,27,31)/b26-18-. The number of nitrogens with zero attached hydrogens (tertiary/aromatic N) is 5. The number of rotatable bonds is 7. The van der Waals surface area contributed by atoms with Crippen LogP contribution in [-0.4, -0.2) is 37.1 Å². The molecule has 0 fully saturated rings. The summed E-state index contributed by atoms with van der Waals surface area (Å²) in [7, 11) is 0. The van der Waals surface area contributed by atoms with Gasteiger partial charge in [0.15, 0.2) is 11.0 Å². The lowest BCUT2D eigenvalue weighted by Gasteiger charge is -2.10. The van der Waals surface area contributed by atoms with Crippen LogP contribution in [0.1, 0.15) is 18.1 Å². The molecule has 0 bridgehead atoms. The molecule has 4 rings (SSSR count). The Labute approximate surface area is 190 Å². The number of carbonyl (C=O) groups excluding carboxylic acids is 1. The molecule has 0 unspecified atom stereocenters. The molecule has 0 aliphatic carbocycles. The summed E-state index contributed by atoms with van der Waals surface area (Å²) in [5.41, 5.74) is 7.20. The number of para-hydroxylation sites is 1. The third-order valence-corrected chi connectivity index (χ3v) is 5.65. The lowest BCUT2D eigenvalue weighted by Crippen LogP contribution is -2.21. The highest BCUT2D eigenvalue weighted by molar-refractivity contribution is 7.99. The van der Waals surface area contributed by atoms with Gasteiger partial charge in [0, 0.05) is 29.2 Å². The maximum absolute atomic E-state index is 12.4. The van der Waals surface area contributed by atoms with E-state index in [1.165, 1.54) is 17.3 Å². The number of carbonyl (C=O) groups is 1. The highest BCUT2D eigenvalue weighted by atomic mass is 32.2. The number of aryl methyl sites for hydroxylation is 1. The number of benzene rings is 2. The van der Waals surface area contributed by atoms with Crippen LogP contribution in [0.5, 0.6) is 0 Å². The zero-order valence-corrected chi connectivity index (χ0v) is 18.6. The van der Waals surface area contributed by atoms with Crippen molar-refractivity contribution >= 4 is 23.4 Å². The predicted molar refractivity (Wildman–Crippen MR) is 127 cm³/mol. The molecule has 2 aromatic carbocycles. The molecule has 4 aromatic rings. The molecule has 7 nitrogen and oxygen atoms in total. The van der Waals surface area contributed by atoms with Gasteiger partial charge < -0.3 is 0 Å². The van der Waals surface area contributed by atoms with Gasteiger partial charge in [-0.1, -0.05) is 65.9 Å². The second-order valence-corrected chi connectivity index (χ2v) is 8.05. The molecule has 0 aliphatic heterocycles. The van der Waals surface area contributed by atoms with Crippen LogP contribution in [0.25, 0.3) is 17.1 Å². The van der Waals surface area contributed by atoms with Crippen molar-refractivity contribution in [1.29, 1.82) is 0 Å². The quantitative estimate of drug-likeness (QED) is 0.262. The Balaban J connectivity index is 1.52. The molecule has 1 amide bonds. The molecule has 0 saturated carbocycles. The Morgan fingerprint density at radius 3 is 2.53 bits per heavy atom. The summed E-state index contributed by atoms with van der Waals surface area (Å²) in [5, 5.41) is 13.6. The van der Waals surface area contributed by atoms with Gasteiger partial charge in [-0.05, 0) is 32.0 Å². The summed E-state index contributed by atoms with van der Waals surface area (Å²) in [4.78, 5) is 16.5. The Hall–Kier alpha value is -3.78. The second kappa shape index (κ2) is 10.0. The van der Waals surface area contributed by atoms with Crippen molar-refractivity contribution in [3.05, 3.63) is 90.3 Å². The SMILES string of the molecule is C/C(=N/NC(=O)CSc1nnc(-c2ccc(C)cc2)n1-c1ccccc1)c1cccnc1. The van der Waals surface area contributed by atoms with E-state index in [0.717, 1.165) is 22.6 Å². The van der Waals surface area contributed by atoms with E-state index in [-0.39, 0.29) is 11.7 Å². The van der Waals surface area contributed by atoms with Gasteiger partial charge in [-0.2, -0.15) is 5.10 Å². The maximum Gasteiger partial charge on any atom is 0.250 e. The molecule has 8 heteroatoms. The molecule has 0 radical (unpaired) electrons. The lowest BCUT2D eigenvalue weighted by molar-refractivity contribution is -0.118. The predicted octanol–water partition coefficient (Wildman–Crippen LogP) is 4.27. The number of hydrogen-bond acceptors (Lipinski definition) is 6. The number of hydrazone groups is 1. The van der Waals surface area contributed by atoms with Gasteiger partial charge in [0.1, 0.15) is 0 Å². The Morgan fingerprint density at radius 1 is 1.03 bits per heavy atom. The normalized spacial score (nSPS) is 11.4. The van der Waals surface area contributed by atoms with Crippen LogP contribution in [0.15, 0.2) is 89.4 Å². The number of nitrogens with one attached hydrogen (secondary N) is 1. The van der Waals surface area contributed by atoms with E-state index in [1.807, 2.05) is 85.1 Å². The molecule has 0 saturated heterocycles. The Morgan fingerprint density at radius 2 is 1.81 bits per heavy atom. The van der Waals surface area contributed by atoms with E-state index in [4.69, 9.17) is 0 Å². The van der Waals surface area contributed by atoms with Gasteiger partial charge in [0.25, 0.3) is 5.91 Å². The minimum Gasteiger partial charge on any atom is -0.272 e. The minimum absolute atomic E-state index is 0.155. The van der Waals surface area contributed by atoms with Crippen molar-refractivity contribution in [3.63, 3.8) is 0 Å². The van der Waals surface area contributed by atoms with E-state index in [2.05, 4.69) is 25.7 Å². The van der Waals surface area contributed by atoms with E-state index in [0.29, 0.717) is 10.9 Å². The van der Waals surface area contributed by atoms with E-state index in [1.54, 1.807) is 12.4 Å². The highest BCUT2D eigenvalue weighted by Crippen LogP contribution is 2.28. The van der Waals surface area contributed by atoms with Gasteiger partial charge in [-0.25, -0.2) is 5.43 Å². The molecule has 32 heavy (non-hydrogen) atoms. The number of hydrogen-bond donors (Lipinski definition) is 1. The number of pyridine rings is 1. The minimum atomic E-state index is -0.224. The largest absolute Gasteiger partial charge is 0.272 e. The van der Waals surface area contributed by atoms with Crippen LogP contribution in [-0.2, 0) is 4.79 Å². The first-order valence-electron chi connectivity index (χ1n) is 10.1. The van der Waals surface area contributed by atoms with Crippen molar-refractivity contribution in [2.24, 2.45) is 5.10 Å². The van der Waals surface area contributed by atoms with Crippen LogP contribution in [0, 0.1) is 6.92 Å². The molecule has 1 N–H and O–H groups in total. The summed E-state index contributed by atoms with van der Waals surface area (Å²) >= 11 is 1.31. The Bertz CT molecular complexity index is 1220. The molecule has 2 heterocycles. The molecule has 0 atom stereocenters.